The molecule has 1 aromatic carbocycles. The summed E-state index contributed by atoms with van der Waals surface area (Å²) in [4.78, 5) is 10.5. The molecule has 0 aliphatic rings. The van der Waals surface area contributed by atoms with Gasteiger partial charge < -0.3 is 5.11 Å². The molecule has 88 valence electrons. The van der Waals surface area contributed by atoms with Gasteiger partial charge in [-0.25, -0.2) is 4.39 Å². The number of hydrogen-bond acceptors (Lipinski definition) is 1. The summed E-state index contributed by atoms with van der Waals surface area (Å²) in [5.41, 5.74) is 1.43. The summed E-state index contributed by atoms with van der Waals surface area (Å²) in [5, 5.41) is 8.64. The lowest BCUT2D eigenvalue weighted by Gasteiger charge is -2.04. The Morgan fingerprint density at radius 1 is 1.25 bits per heavy atom. The average molecular weight is 224 g/mol. The van der Waals surface area contributed by atoms with Crippen molar-refractivity contribution in [2.75, 3.05) is 0 Å². The maximum Gasteiger partial charge on any atom is 0.307 e. The first-order valence-electron chi connectivity index (χ1n) is 5.62. The quantitative estimate of drug-likeness (QED) is 0.753. The molecule has 1 rings (SSSR count). The second kappa shape index (κ2) is 6.26. The van der Waals surface area contributed by atoms with Gasteiger partial charge in [0.25, 0.3) is 0 Å². The van der Waals surface area contributed by atoms with Gasteiger partial charge in [0.1, 0.15) is 5.82 Å². The smallest absolute Gasteiger partial charge is 0.307 e. The third-order valence-corrected chi connectivity index (χ3v) is 2.44. The molecule has 0 aliphatic heterocycles. The van der Waals surface area contributed by atoms with E-state index in [1.54, 1.807) is 6.07 Å². The first-order chi connectivity index (χ1) is 7.61. The molecule has 0 spiro atoms. The summed E-state index contributed by atoms with van der Waals surface area (Å²) in [5.74, 6) is -1.27. The van der Waals surface area contributed by atoms with E-state index >= 15 is 0 Å². The molecule has 0 aliphatic carbocycles. The summed E-state index contributed by atoms with van der Waals surface area (Å²) in [6.45, 7) is 2.11. The number of rotatable bonds is 6. The average Bonchev–Trinajstić information content (AvgIpc) is 2.16. The van der Waals surface area contributed by atoms with E-state index in [1.165, 1.54) is 12.1 Å². The van der Waals surface area contributed by atoms with E-state index in [0.29, 0.717) is 5.56 Å². The highest BCUT2D eigenvalue weighted by Gasteiger charge is 2.04. The molecule has 1 N–H and O–H groups in total. The lowest BCUT2D eigenvalue weighted by atomic mass is 10.0. The molecular weight excluding hydrogens is 207 g/mol. The van der Waals surface area contributed by atoms with Gasteiger partial charge in [-0.15, -0.1) is 0 Å². The van der Waals surface area contributed by atoms with Gasteiger partial charge in [0.2, 0.25) is 0 Å². The number of unbranched alkanes of at least 4 members (excludes halogenated alkanes) is 2. The number of carboxylic acid groups (broad SMARTS) is 1. The molecule has 0 atom stereocenters. The van der Waals surface area contributed by atoms with Crippen LogP contribution in [0.25, 0.3) is 0 Å². The van der Waals surface area contributed by atoms with Crippen molar-refractivity contribution in [1.82, 2.24) is 0 Å². The van der Waals surface area contributed by atoms with E-state index in [9.17, 15) is 9.18 Å². The molecule has 0 unspecified atom stereocenters. The molecule has 2 nitrogen and oxygen atoms in total. The van der Waals surface area contributed by atoms with Gasteiger partial charge in [0.05, 0.1) is 6.42 Å². The van der Waals surface area contributed by atoms with E-state index in [0.717, 1.165) is 31.2 Å². The standard InChI is InChI=1S/C13H17FO2/c1-2-3-4-5-10-6-11(9-13(15)16)8-12(14)7-10/h6-8H,2-5,9H2,1H3,(H,15,16). The summed E-state index contributed by atoms with van der Waals surface area (Å²) in [6.07, 6.45) is 3.96. The Hall–Kier alpha value is -1.38. The van der Waals surface area contributed by atoms with Gasteiger partial charge in [-0.05, 0) is 36.1 Å². The summed E-state index contributed by atoms with van der Waals surface area (Å²) < 4.78 is 13.2. The van der Waals surface area contributed by atoms with Gasteiger partial charge in [0.15, 0.2) is 0 Å². The van der Waals surface area contributed by atoms with Crippen LogP contribution >= 0.6 is 0 Å². The third-order valence-electron chi connectivity index (χ3n) is 2.44. The zero-order valence-electron chi connectivity index (χ0n) is 9.50. The molecule has 3 heteroatoms. The first kappa shape index (κ1) is 12.7. The van der Waals surface area contributed by atoms with E-state index in [-0.39, 0.29) is 12.2 Å². The van der Waals surface area contributed by atoms with Crippen molar-refractivity contribution < 1.29 is 14.3 Å². The molecule has 16 heavy (non-hydrogen) atoms. The largest absolute Gasteiger partial charge is 0.481 e. The van der Waals surface area contributed by atoms with Crippen LogP contribution in [0.4, 0.5) is 4.39 Å². The molecule has 0 radical (unpaired) electrons. The van der Waals surface area contributed by atoms with Crippen LogP contribution in [0, 0.1) is 5.82 Å². The monoisotopic (exact) mass is 224 g/mol. The van der Waals surface area contributed by atoms with Crippen LogP contribution in [0.5, 0.6) is 0 Å². The fraction of sp³-hybridized carbons (Fsp3) is 0.462. The van der Waals surface area contributed by atoms with Crippen molar-refractivity contribution in [2.24, 2.45) is 0 Å². The Kier molecular flexibility index (Phi) is 4.96. The minimum absolute atomic E-state index is 0.113. The number of halogens is 1. The van der Waals surface area contributed by atoms with Crippen molar-refractivity contribution in [2.45, 2.75) is 39.0 Å². The van der Waals surface area contributed by atoms with Crippen LogP contribution in [0.3, 0.4) is 0 Å². The summed E-state index contributed by atoms with van der Waals surface area (Å²) in [6, 6.07) is 4.56. The number of carboxylic acids is 1. The fourth-order valence-corrected chi connectivity index (χ4v) is 1.72. The van der Waals surface area contributed by atoms with E-state index in [1.807, 2.05) is 0 Å². The Labute approximate surface area is 95.1 Å². The molecular formula is C13H17FO2. The molecule has 0 saturated heterocycles. The Morgan fingerprint density at radius 2 is 1.94 bits per heavy atom. The number of aryl methyl sites for hydroxylation is 1. The maximum absolute atomic E-state index is 13.2. The highest BCUT2D eigenvalue weighted by molar-refractivity contribution is 5.70. The van der Waals surface area contributed by atoms with Crippen molar-refractivity contribution >= 4 is 5.97 Å². The van der Waals surface area contributed by atoms with Crippen LogP contribution in [-0.2, 0) is 17.6 Å². The normalized spacial score (nSPS) is 10.4. The molecule has 0 fully saturated rings. The fourth-order valence-electron chi connectivity index (χ4n) is 1.72. The van der Waals surface area contributed by atoms with Gasteiger partial charge in [-0.3, -0.25) is 4.79 Å². The Morgan fingerprint density at radius 3 is 2.56 bits per heavy atom. The lowest BCUT2D eigenvalue weighted by Crippen LogP contribution is -2.01. The predicted octanol–water partition coefficient (Wildman–Crippen LogP) is 3.19. The van der Waals surface area contributed by atoms with E-state index in [2.05, 4.69) is 6.92 Å². The minimum Gasteiger partial charge on any atom is -0.481 e. The first-order valence-corrected chi connectivity index (χ1v) is 5.62. The number of aliphatic carboxylic acids is 1. The number of carbonyl (C=O) groups is 1. The van der Waals surface area contributed by atoms with Gasteiger partial charge in [-0.2, -0.15) is 0 Å². The van der Waals surface area contributed by atoms with Crippen LogP contribution in [0.15, 0.2) is 18.2 Å². The van der Waals surface area contributed by atoms with Crippen molar-refractivity contribution in [3.05, 3.63) is 35.1 Å². The summed E-state index contributed by atoms with van der Waals surface area (Å²) >= 11 is 0. The van der Waals surface area contributed by atoms with Crippen molar-refractivity contribution in [3.8, 4) is 0 Å². The van der Waals surface area contributed by atoms with Gasteiger partial charge in [0, 0.05) is 0 Å². The highest BCUT2D eigenvalue weighted by atomic mass is 19.1. The van der Waals surface area contributed by atoms with Crippen LogP contribution in [-0.4, -0.2) is 11.1 Å². The minimum atomic E-state index is -0.926. The van der Waals surface area contributed by atoms with Crippen molar-refractivity contribution in [1.29, 1.82) is 0 Å². The van der Waals surface area contributed by atoms with Crippen molar-refractivity contribution in [3.63, 3.8) is 0 Å². The van der Waals surface area contributed by atoms with E-state index in [4.69, 9.17) is 5.11 Å². The predicted molar refractivity (Wildman–Crippen MR) is 61.0 cm³/mol. The van der Waals surface area contributed by atoms with Crippen LogP contribution < -0.4 is 0 Å². The second-order valence-electron chi connectivity index (χ2n) is 4.00. The zero-order chi connectivity index (χ0) is 12.0. The zero-order valence-corrected chi connectivity index (χ0v) is 9.50. The number of hydrogen-bond donors (Lipinski definition) is 1. The maximum atomic E-state index is 13.2. The Balaban J connectivity index is 2.69. The molecule has 1 aromatic rings. The molecule has 0 bridgehead atoms. The topological polar surface area (TPSA) is 37.3 Å². The summed E-state index contributed by atoms with van der Waals surface area (Å²) in [7, 11) is 0. The third kappa shape index (κ3) is 4.43. The molecule has 0 heterocycles. The van der Waals surface area contributed by atoms with Crippen LogP contribution in [0.2, 0.25) is 0 Å². The number of benzene rings is 1. The second-order valence-corrected chi connectivity index (χ2v) is 4.00. The Bertz CT molecular complexity index is 361. The molecule has 0 amide bonds. The van der Waals surface area contributed by atoms with Gasteiger partial charge in [-0.1, -0.05) is 25.8 Å². The molecule has 0 aromatic heterocycles. The SMILES string of the molecule is CCCCCc1cc(F)cc(CC(=O)O)c1. The highest BCUT2D eigenvalue weighted by Crippen LogP contribution is 2.13. The van der Waals surface area contributed by atoms with Gasteiger partial charge >= 0.3 is 5.97 Å². The lowest BCUT2D eigenvalue weighted by molar-refractivity contribution is -0.136. The van der Waals surface area contributed by atoms with E-state index < -0.39 is 5.97 Å². The molecule has 0 saturated carbocycles. The van der Waals surface area contributed by atoms with Crippen LogP contribution in [0.1, 0.15) is 37.3 Å².